The average molecular weight is 499 g/mol. The van der Waals surface area contributed by atoms with Crippen LogP contribution >= 0.6 is 22.9 Å². The zero-order valence-corrected chi connectivity index (χ0v) is 19.4. The van der Waals surface area contributed by atoms with Crippen molar-refractivity contribution in [2.45, 2.75) is 31.7 Å². The molecule has 3 aliphatic rings. The van der Waals surface area contributed by atoms with E-state index in [1.54, 1.807) is 12.3 Å². The second kappa shape index (κ2) is 8.28. The molecule has 0 radical (unpaired) electrons. The molecule has 2 bridgehead atoms. The number of carbonyl (C=O) groups is 1. The molecule has 4 aromatic heterocycles. The molecule has 3 N–H and O–H groups in total. The molecule has 0 amide bonds. The van der Waals surface area contributed by atoms with Crippen molar-refractivity contribution in [3.63, 3.8) is 0 Å². The van der Waals surface area contributed by atoms with E-state index in [4.69, 9.17) is 11.6 Å². The van der Waals surface area contributed by atoms with Crippen LogP contribution in [-0.4, -0.2) is 42.0 Å². The van der Waals surface area contributed by atoms with E-state index < -0.39 is 23.7 Å². The normalized spacial score (nSPS) is 23.9. The number of H-pyrrole nitrogens is 1. The number of carboxylic acids is 1. The lowest BCUT2D eigenvalue weighted by Crippen LogP contribution is -2.51. The smallest absolute Gasteiger partial charge is 0.308 e. The lowest BCUT2D eigenvalue weighted by Gasteiger charge is -2.47. The molecule has 7 rings (SSSR count). The molecule has 0 aliphatic heterocycles. The molecular weight excluding hydrogens is 479 g/mol. The van der Waals surface area contributed by atoms with Crippen molar-refractivity contribution in [2.75, 3.05) is 5.32 Å². The first-order chi connectivity index (χ1) is 16.5. The van der Waals surface area contributed by atoms with Gasteiger partial charge in [0, 0.05) is 12.2 Å². The van der Waals surface area contributed by atoms with Crippen molar-refractivity contribution in [3.8, 4) is 22.0 Å². The fraction of sp³-hybridized carbons (Fsp3) is 0.348. The van der Waals surface area contributed by atoms with Crippen LogP contribution in [0.15, 0.2) is 29.9 Å². The van der Waals surface area contributed by atoms with Crippen LogP contribution in [0.5, 0.6) is 0 Å². The van der Waals surface area contributed by atoms with E-state index in [1.165, 1.54) is 17.5 Å². The Kier molecular flexibility index (Phi) is 5.22. The minimum atomic E-state index is -0.846. The number of nitrogens with zero attached hydrogens (tertiary/aromatic N) is 4. The lowest BCUT2D eigenvalue weighted by atomic mass is 9.61. The Morgan fingerprint density at radius 1 is 1.21 bits per heavy atom. The van der Waals surface area contributed by atoms with Crippen molar-refractivity contribution < 1.29 is 14.3 Å². The van der Waals surface area contributed by atoms with E-state index in [0.29, 0.717) is 21.6 Å². The summed E-state index contributed by atoms with van der Waals surface area (Å²) in [7, 11) is 0. The molecule has 2 atom stereocenters. The van der Waals surface area contributed by atoms with Crippen molar-refractivity contribution in [1.29, 1.82) is 0 Å². The molecular formula is C23H20ClFN6O2S. The molecule has 11 heteroatoms. The number of rotatable bonds is 5. The maximum Gasteiger partial charge on any atom is 0.308 e. The zero-order chi connectivity index (χ0) is 23.4. The summed E-state index contributed by atoms with van der Waals surface area (Å²) in [5.74, 6) is -1.51. The third-order valence-corrected chi connectivity index (χ3v) is 8.06. The highest BCUT2D eigenvalue weighted by Crippen LogP contribution is 2.47. The second-order valence-corrected chi connectivity index (χ2v) is 10.2. The van der Waals surface area contributed by atoms with E-state index in [0.717, 1.165) is 25.7 Å². The number of hydrogen-bond acceptors (Lipinski definition) is 7. The van der Waals surface area contributed by atoms with Crippen LogP contribution < -0.4 is 5.32 Å². The summed E-state index contributed by atoms with van der Waals surface area (Å²) in [4.78, 5) is 33.4. The van der Waals surface area contributed by atoms with E-state index in [9.17, 15) is 9.90 Å². The van der Waals surface area contributed by atoms with E-state index in [-0.39, 0.29) is 34.3 Å². The molecule has 0 unspecified atom stereocenters. The Morgan fingerprint density at radius 3 is 2.74 bits per heavy atom. The first-order valence-electron chi connectivity index (χ1n) is 11.1. The van der Waals surface area contributed by atoms with Gasteiger partial charge in [-0.1, -0.05) is 17.7 Å². The summed E-state index contributed by atoms with van der Waals surface area (Å²) >= 11 is 7.43. The Labute approximate surface area is 202 Å². The molecule has 0 spiro atoms. The van der Waals surface area contributed by atoms with Gasteiger partial charge in [0.05, 0.1) is 22.6 Å². The third-order valence-electron chi connectivity index (χ3n) is 7.01. The second-order valence-electron chi connectivity index (χ2n) is 8.84. The number of carboxylic acid groups (broad SMARTS) is 1. The minimum Gasteiger partial charge on any atom is -0.481 e. The van der Waals surface area contributed by atoms with Gasteiger partial charge in [-0.15, -0.1) is 11.3 Å². The van der Waals surface area contributed by atoms with Gasteiger partial charge in [0.1, 0.15) is 16.4 Å². The van der Waals surface area contributed by atoms with Gasteiger partial charge in [0.15, 0.2) is 23.1 Å². The SMILES string of the molecule is O=C(O)[C@H]1C2CCC(CC2)[C@@H]1Nc1nc(-c2c[nH]c3ncc(Cl)nc23)nc(-c2cccs2)c1F. The maximum atomic E-state index is 15.8. The van der Waals surface area contributed by atoms with Gasteiger partial charge in [0.2, 0.25) is 0 Å². The highest BCUT2D eigenvalue weighted by Gasteiger charge is 2.47. The van der Waals surface area contributed by atoms with Crippen molar-refractivity contribution >= 4 is 45.9 Å². The van der Waals surface area contributed by atoms with Crippen LogP contribution in [0.4, 0.5) is 10.2 Å². The minimum absolute atomic E-state index is 0.00142. The summed E-state index contributed by atoms with van der Waals surface area (Å²) in [5, 5.41) is 15.2. The number of hydrogen-bond donors (Lipinski definition) is 3. The number of anilines is 1. The fourth-order valence-electron chi connectivity index (χ4n) is 5.45. The standard InChI is InChI=1S/C23H20ClFN6O2S/c24-14-9-27-22-18(28-14)12(8-26-22)20-30-19(13-2-1-7-34-13)16(25)21(31-20)29-17-11-5-3-10(4-6-11)15(17)23(32)33/h1-2,7-11,15,17H,3-6H2,(H,26,27)(H,32,33)(H,29,30,31)/t10?,11?,15-,17-/m0/s1. The first kappa shape index (κ1) is 21.4. The predicted octanol–water partition coefficient (Wildman–Crippen LogP) is 5.24. The van der Waals surface area contributed by atoms with Crippen LogP contribution in [0, 0.1) is 23.6 Å². The van der Waals surface area contributed by atoms with E-state index in [1.807, 2.05) is 11.4 Å². The predicted molar refractivity (Wildman–Crippen MR) is 127 cm³/mol. The number of aromatic nitrogens is 5. The molecule has 4 aromatic rings. The van der Waals surface area contributed by atoms with E-state index >= 15 is 4.39 Å². The third kappa shape index (κ3) is 3.52. The number of fused-ring (bicyclic) bond motifs is 4. The lowest BCUT2D eigenvalue weighted by molar-refractivity contribution is -0.148. The van der Waals surface area contributed by atoms with Gasteiger partial charge in [-0.3, -0.25) is 4.79 Å². The molecule has 3 saturated carbocycles. The van der Waals surface area contributed by atoms with Gasteiger partial charge in [0.25, 0.3) is 0 Å². The summed E-state index contributed by atoms with van der Waals surface area (Å²) in [6, 6.07) is 3.22. The zero-order valence-electron chi connectivity index (χ0n) is 17.8. The monoisotopic (exact) mass is 498 g/mol. The van der Waals surface area contributed by atoms with Gasteiger partial charge in [-0.25, -0.2) is 24.3 Å². The topological polar surface area (TPSA) is 117 Å². The molecule has 174 valence electrons. The average Bonchev–Trinajstić information content (AvgIpc) is 3.51. The Bertz CT molecular complexity index is 1390. The largest absolute Gasteiger partial charge is 0.481 e. The van der Waals surface area contributed by atoms with Crippen LogP contribution in [0.3, 0.4) is 0 Å². The molecule has 34 heavy (non-hydrogen) atoms. The highest BCUT2D eigenvalue weighted by atomic mass is 35.5. The summed E-state index contributed by atoms with van der Waals surface area (Å²) in [6.07, 6.45) is 6.75. The summed E-state index contributed by atoms with van der Waals surface area (Å²) in [5.41, 5.74) is 1.67. The number of halogens is 2. The van der Waals surface area contributed by atoms with Gasteiger partial charge < -0.3 is 15.4 Å². The quantitative estimate of drug-likeness (QED) is 0.344. The van der Waals surface area contributed by atoms with Crippen molar-refractivity contribution in [3.05, 3.63) is 40.9 Å². The van der Waals surface area contributed by atoms with Gasteiger partial charge in [-0.2, -0.15) is 0 Å². The molecule has 0 aromatic carbocycles. The van der Waals surface area contributed by atoms with Gasteiger partial charge >= 0.3 is 5.97 Å². The van der Waals surface area contributed by atoms with Gasteiger partial charge in [-0.05, 0) is 49.0 Å². The number of nitrogens with one attached hydrogen (secondary N) is 2. The molecule has 3 aliphatic carbocycles. The van der Waals surface area contributed by atoms with Crippen LogP contribution in [-0.2, 0) is 4.79 Å². The molecule has 8 nitrogen and oxygen atoms in total. The maximum absolute atomic E-state index is 15.8. The summed E-state index contributed by atoms with van der Waals surface area (Å²) < 4.78 is 15.8. The Morgan fingerprint density at radius 2 is 2.00 bits per heavy atom. The van der Waals surface area contributed by atoms with Crippen LogP contribution in [0.25, 0.3) is 33.1 Å². The molecule has 3 fully saturated rings. The number of aromatic amines is 1. The molecule has 4 heterocycles. The highest BCUT2D eigenvalue weighted by molar-refractivity contribution is 7.13. The fourth-order valence-corrected chi connectivity index (χ4v) is 6.29. The Balaban J connectivity index is 1.49. The van der Waals surface area contributed by atoms with E-state index in [2.05, 4.69) is 30.2 Å². The van der Waals surface area contributed by atoms with Crippen LogP contribution in [0.2, 0.25) is 5.15 Å². The molecule has 0 saturated heterocycles. The van der Waals surface area contributed by atoms with Crippen molar-refractivity contribution in [1.82, 2.24) is 24.9 Å². The van der Waals surface area contributed by atoms with Crippen LogP contribution in [0.1, 0.15) is 25.7 Å². The number of aliphatic carboxylic acids is 1. The van der Waals surface area contributed by atoms with Crippen molar-refractivity contribution in [2.24, 2.45) is 17.8 Å². The number of thiophene rings is 1. The Hall–Kier alpha value is -3.11. The first-order valence-corrected chi connectivity index (χ1v) is 12.4. The summed E-state index contributed by atoms with van der Waals surface area (Å²) in [6.45, 7) is 0.